The second-order valence-corrected chi connectivity index (χ2v) is 10.1. The number of hydrogen-bond donors (Lipinski definition) is 1. The van der Waals surface area contributed by atoms with Crippen molar-refractivity contribution in [3.05, 3.63) is 72.6 Å². The number of imidazole rings is 1. The molecule has 8 nitrogen and oxygen atoms in total. The van der Waals surface area contributed by atoms with E-state index in [9.17, 15) is 4.79 Å². The number of carbonyl (C=O) groups is 1. The predicted octanol–water partition coefficient (Wildman–Crippen LogP) is 5.85. The predicted molar refractivity (Wildman–Crippen MR) is 139 cm³/mol. The summed E-state index contributed by atoms with van der Waals surface area (Å²) in [5.41, 5.74) is 6.87. The van der Waals surface area contributed by atoms with E-state index in [1.165, 1.54) is 6.07 Å². The van der Waals surface area contributed by atoms with Crippen LogP contribution in [0.3, 0.4) is 0 Å². The van der Waals surface area contributed by atoms with Crippen LogP contribution < -0.4 is 10.5 Å². The molecule has 2 aromatic heterocycles. The monoisotopic (exact) mass is 503 g/mol. The number of benzene rings is 2. The number of halogens is 1. The number of ether oxygens (including phenoxy) is 2. The molecule has 3 heterocycles. The van der Waals surface area contributed by atoms with E-state index >= 15 is 4.39 Å². The third-order valence-electron chi connectivity index (χ3n) is 6.25. The van der Waals surface area contributed by atoms with Gasteiger partial charge in [0.15, 0.2) is 0 Å². The summed E-state index contributed by atoms with van der Waals surface area (Å²) in [6.45, 7) is 6.18. The molecule has 0 unspecified atom stereocenters. The van der Waals surface area contributed by atoms with Crippen molar-refractivity contribution in [1.82, 2.24) is 19.3 Å². The Morgan fingerprint density at radius 2 is 1.95 bits per heavy atom. The minimum absolute atomic E-state index is 0.0887. The number of nitrogen functional groups attached to an aromatic ring is 1. The van der Waals surface area contributed by atoms with Gasteiger partial charge in [0.1, 0.15) is 45.8 Å². The molecule has 0 spiro atoms. The fraction of sp³-hybridized carbons (Fsp3) is 0.321. The summed E-state index contributed by atoms with van der Waals surface area (Å²) in [7, 11) is 0. The number of amides is 1. The number of para-hydroxylation sites is 1. The van der Waals surface area contributed by atoms with Crippen LogP contribution in [0.15, 0.2) is 60.9 Å². The van der Waals surface area contributed by atoms with Crippen LogP contribution in [0.5, 0.6) is 11.5 Å². The molecule has 0 saturated carbocycles. The maximum Gasteiger partial charge on any atom is 0.410 e. The van der Waals surface area contributed by atoms with Crippen molar-refractivity contribution >= 4 is 17.4 Å². The molecule has 0 aliphatic carbocycles. The Morgan fingerprint density at radius 3 is 2.68 bits per heavy atom. The van der Waals surface area contributed by atoms with Crippen molar-refractivity contribution in [2.45, 2.75) is 51.7 Å². The van der Waals surface area contributed by atoms with Crippen molar-refractivity contribution in [1.29, 1.82) is 0 Å². The van der Waals surface area contributed by atoms with Gasteiger partial charge in [-0.2, -0.15) is 0 Å². The zero-order valence-electron chi connectivity index (χ0n) is 21.1. The number of nitrogens with two attached hydrogens (primary N) is 1. The molecule has 37 heavy (non-hydrogen) atoms. The quantitative estimate of drug-likeness (QED) is 0.367. The van der Waals surface area contributed by atoms with Gasteiger partial charge in [-0.3, -0.25) is 4.40 Å². The van der Waals surface area contributed by atoms with Crippen molar-refractivity contribution in [2.24, 2.45) is 0 Å². The molecule has 1 aliphatic rings. The van der Waals surface area contributed by atoms with Crippen molar-refractivity contribution < 1.29 is 18.7 Å². The number of nitrogens with zero attached hydrogens (tertiary/aromatic N) is 4. The topological polar surface area (TPSA) is 95.0 Å². The van der Waals surface area contributed by atoms with Crippen LogP contribution in [0.1, 0.15) is 39.4 Å². The molecular formula is C28H30FN5O3. The number of carbonyl (C=O) groups excluding carboxylic acids is 1. The maximum atomic E-state index is 15.4. The second kappa shape index (κ2) is 9.72. The summed E-state index contributed by atoms with van der Waals surface area (Å²) in [5.74, 6) is 1.42. The minimum Gasteiger partial charge on any atom is -0.457 e. The highest BCUT2D eigenvalue weighted by atomic mass is 19.1. The molecule has 1 saturated heterocycles. The van der Waals surface area contributed by atoms with Gasteiger partial charge in [0.05, 0.1) is 0 Å². The van der Waals surface area contributed by atoms with Gasteiger partial charge in [-0.05, 0) is 57.9 Å². The zero-order valence-corrected chi connectivity index (χ0v) is 21.1. The molecule has 0 bridgehead atoms. The highest BCUT2D eigenvalue weighted by Gasteiger charge is 2.33. The number of fused-ring (bicyclic) bond motifs is 1. The van der Waals surface area contributed by atoms with Gasteiger partial charge in [0.25, 0.3) is 0 Å². The van der Waals surface area contributed by atoms with Crippen molar-refractivity contribution in [2.75, 3.05) is 12.3 Å². The van der Waals surface area contributed by atoms with Crippen molar-refractivity contribution in [3.63, 3.8) is 0 Å². The molecule has 1 aliphatic heterocycles. The fourth-order valence-electron chi connectivity index (χ4n) is 4.65. The summed E-state index contributed by atoms with van der Waals surface area (Å²) in [5, 5.41) is 0. The third kappa shape index (κ3) is 5.21. The van der Waals surface area contributed by atoms with E-state index in [0.29, 0.717) is 47.1 Å². The first kappa shape index (κ1) is 24.5. The van der Waals surface area contributed by atoms with E-state index in [1.54, 1.807) is 41.6 Å². The Balaban J connectivity index is 1.47. The van der Waals surface area contributed by atoms with E-state index in [1.807, 2.05) is 43.4 Å². The second-order valence-electron chi connectivity index (χ2n) is 10.1. The molecule has 2 aromatic carbocycles. The molecule has 9 heteroatoms. The minimum atomic E-state index is -0.578. The molecule has 5 rings (SSSR count). The van der Waals surface area contributed by atoms with Gasteiger partial charge in [-0.25, -0.2) is 19.2 Å². The summed E-state index contributed by atoms with van der Waals surface area (Å²) in [6.07, 6.45) is 5.18. The van der Waals surface area contributed by atoms with E-state index in [4.69, 9.17) is 20.2 Å². The summed E-state index contributed by atoms with van der Waals surface area (Å²) in [4.78, 5) is 23.6. The average molecular weight is 504 g/mol. The molecule has 1 atom stereocenters. The largest absolute Gasteiger partial charge is 0.457 e. The Hall–Kier alpha value is -4.14. The summed E-state index contributed by atoms with van der Waals surface area (Å²) in [6, 6.07) is 13.8. The normalized spacial score (nSPS) is 15.8. The van der Waals surface area contributed by atoms with Gasteiger partial charge < -0.3 is 20.1 Å². The fourth-order valence-corrected chi connectivity index (χ4v) is 4.65. The molecule has 1 amide bonds. The third-order valence-corrected chi connectivity index (χ3v) is 6.25. The highest BCUT2D eigenvalue weighted by molar-refractivity contribution is 5.85. The SMILES string of the molecule is CC(C)(C)OC(=O)N1CCC[C@H]1Cc1nc(-c2ccc(Oc3ccccc3)cc2F)c2c(N)nccn12. The van der Waals surface area contributed by atoms with Crippen molar-refractivity contribution in [3.8, 4) is 22.8 Å². The molecular weight excluding hydrogens is 473 g/mol. The first-order valence-corrected chi connectivity index (χ1v) is 12.3. The Bertz CT molecular complexity index is 1430. The molecule has 0 radical (unpaired) electrons. The van der Waals surface area contributed by atoms with Crippen LogP contribution in [0, 0.1) is 5.82 Å². The Kier molecular flexibility index (Phi) is 6.45. The smallest absolute Gasteiger partial charge is 0.410 e. The molecule has 4 aromatic rings. The van der Waals surface area contributed by atoms with Gasteiger partial charge in [-0.1, -0.05) is 18.2 Å². The van der Waals surface area contributed by atoms with E-state index in [2.05, 4.69) is 4.98 Å². The average Bonchev–Trinajstić information content (AvgIpc) is 3.45. The molecule has 2 N–H and O–H groups in total. The number of hydrogen-bond acceptors (Lipinski definition) is 6. The lowest BCUT2D eigenvalue weighted by atomic mass is 10.1. The molecule has 192 valence electrons. The van der Waals surface area contributed by atoms with Crippen LogP contribution in [-0.2, 0) is 11.2 Å². The van der Waals surface area contributed by atoms with Crippen LogP contribution >= 0.6 is 0 Å². The standard InChI is InChI=1S/C28H30FN5O3/c1-28(2,3)37-27(35)33-14-7-8-18(33)16-23-32-24(25-26(30)31-13-15-34(23)25)21-12-11-20(17-22(21)29)36-19-9-5-4-6-10-19/h4-6,9-13,15,17-18H,7-8,14,16H2,1-3H3,(H2,30,31)/t18-/m0/s1. The first-order valence-electron chi connectivity index (χ1n) is 12.3. The molecule has 1 fully saturated rings. The summed E-state index contributed by atoms with van der Waals surface area (Å²) >= 11 is 0. The van der Waals surface area contributed by atoms with Crippen LogP contribution in [0.4, 0.5) is 15.0 Å². The van der Waals surface area contributed by atoms with Gasteiger partial charge in [0, 0.05) is 43.0 Å². The van der Waals surface area contributed by atoms with Gasteiger partial charge in [0.2, 0.25) is 0 Å². The first-order chi connectivity index (χ1) is 17.7. The lowest BCUT2D eigenvalue weighted by Crippen LogP contribution is -2.40. The maximum absolute atomic E-state index is 15.4. The van der Waals surface area contributed by atoms with Gasteiger partial charge in [-0.15, -0.1) is 0 Å². The number of anilines is 1. The van der Waals surface area contributed by atoms with E-state index < -0.39 is 11.4 Å². The highest BCUT2D eigenvalue weighted by Crippen LogP contribution is 2.34. The van der Waals surface area contributed by atoms with Crippen LogP contribution in [-0.4, -0.2) is 43.5 Å². The van der Waals surface area contributed by atoms with E-state index in [0.717, 1.165) is 12.8 Å². The van der Waals surface area contributed by atoms with Gasteiger partial charge >= 0.3 is 6.09 Å². The zero-order chi connectivity index (χ0) is 26.2. The van der Waals surface area contributed by atoms with Crippen LogP contribution in [0.25, 0.3) is 16.8 Å². The lowest BCUT2D eigenvalue weighted by molar-refractivity contribution is 0.0225. The number of aromatic nitrogens is 3. The lowest BCUT2D eigenvalue weighted by Gasteiger charge is -2.28. The van der Waals surface area contributed by atoms with Crippen LogP contribution in [0.2, 0.25) is 0 Å². The van der Waals surface area contributed by atoms with E-state index in [-0.39, 0.29) is 18.0 Å². The Morgan fingerprint density at radius 1 is 1.16 bits per heavy atom. The number of likely N-dealkylation sites (tertiary alicyclic amines) is 1. The summed E-state index contributed by atoms with van der Waals surface area (Å²) < 4.78 is 28.6. The Labute approximate surface area is 214 Å². The number of rotatable bonds is 5.